The number of hydrogen-bond acceptors (Lipinski definition) is 3. The van der Waals surface area contributed by atoms with Crippen LogP contribution in [0.5, 0.6) is 0 Å². The van der Waals surface area contributed by atoms with Crippen molar-refractivity contribution >= 4 is 17.3 Å². The first-order valence-electron chi connectivity index (χ1n) is 4.92. The summed E-state index contributed by atoms with van der Waals surface area (Å²) in [4.78, 5) is 21.8. The molecule has 1 rings (SSSR count). The smallest absolute Gasteiger partial charge is 0.307 e. The van der Waals surface area contributed by atoms with E-state index in [4.69, 9.17) is 5.11 Å². The largest absolute Gasteiger partial charge is 0.481 e. The fourth-order valence-corrected chi connectivity index (χ4v) is 2.34. The molecule has 0 aliphatic carbocycles. The van der Waals surface area contributed by atoms with Gasteiger partial charge < -0.3 is 9.67 Å². The van der Waals surface area contributed by atoms with Gasteiger partial charge >= 0.3 is 10.8 Å². The van der Waals surface area contributed by atoms with E-state index in [1.165, 1.54) is 11.3 Å². The molecular formula is C10H15NO3S. The van der Waals surface area contributed by atoms with Crippen LogP contribution in [0.2, 0.25) is 0 Å². The molecule has 0 fully saturated rings. The molecule has 1 aromatic heterocycles. The van der Waals surface area contributed by atoms with Crippen molar-refractivity contribution in [1.82, 2.24) is 4.57 Å². The Kier molecular flexibility index (Phi) is 4.08. The molecule has 0 saturated heterocycles. The first-order chi connectivity index (χ1) is 7.02. The van der Waals surface area contributed by atoms with Crippen molar-refractivity contribution < 1.29 is 9.90 Å². The fraction of sp³-hybridized carbons (Fsp3) is 0.600. The van der Waals surface area contributed by atoms with Crippen molar-refractivity contribution in [3.63, 3.8) is 0 Å². The predicted octanol–water partition coefficient (Wildman–Crippen LogP) is 1.90. The second kappa shape index (κ2) is 5.11. The monoisotopic (exact) mass is 229 g/mol. The van der Waals surface area contributed by atoms with Crippen molar-refractivity contribution in [3.8, 4) is 0 Å². The number of carboxylic acids is 1. The molecule has 1 heterocycles. The van der Waals surface area contributed by atoms with Crippen molar-refractivity contribution in [2.75, 3.05) is 0 Å². The van der Waals surface area contributed by atoms with Crippen LogP contribution in [0.3, 0.4) is 0 Å². The lowest BCUT2D eigenvalue weighted by Gasteiger charge is -2.09. The maximum Gasteiger partial charge on any atom is 0.307 e. The molecule has 4 nitrogen and oxygen atoms in total. The Hall–Kier alpha value is -1.10. The molecule has 0 amide bonds. The summed E-state index contributed by atoms with van der Waals surface area (Å²) in [6.45, 7) is 4.55. The number of thiazole rings is 1. The van der Waals surface area contributed by atoms with Gasteiger partial charge in [0.1, 0.15) is 0 Å². The van der Waals surface area contributed by atoms with Gasteiger partial charge in [-0.05, 0) is 12.3 Å². The first kappa shape index (κ1) is 12.0. The Labute approximate surface area is 92.2 Å². The second-order valence-corrected chi connectivity index (χ2v) is 4.55. The molecule has 1 aromatic rings. The van der Waals surface area contributed by atoms with E-state index in [0.29, 0.717) is 18.9 Å². The van der Waals surface area contributed by atoms with E-state index in [1.807, 2.05) is 19.2 Å². The maximum atomic E-state index is 11.5. The van der Waals surface area contributed by atoms with E-state index >= 15 is 0 Å². The molecule has 0 radical (unpaired) electrons. The van der Waals surface area contributed by atoms with Gasteiger partial charge in [0.05, 0.1) is 0 Å². The van der Waals surface area contributed by atoms with Gasteiger partial charge in [-0.2, -0.15) is 0 Å². The average Bonchev–Trinajstić information content (AvgIpc) is 2.47. The highest BCUT2D eigenvalue weighted by Gasteiger charge is 2.10. The van der Waals surface area contributed by atoms with Gasteiger partial charge in [-0.1, -0.05) is 25.2 Å². The molecule has 84 valence electrons. The lowest BCUT2D eigenvalue weighted by molar-refractivity contribution is -0.137. The number of aliphatic carboxylic acids is 1. The van der Waals surface area contributed by atoms with E-state index in [1.54, 1.807) is 4.57 Å². The summed E-state index contributed by atoms with van der Waals surface area (Å²) in [6, 6.07) is 0. The number of carbonyl (C=O) groups is 1. The van der Waals surface area contributed by atoms with E-state index in [9.17, 15) is 9.59 Å². The van der Waals surface area contributed by atoms with Crippen LogP contribution in [-0.4, -0.2) is 15.6 Å². The normalized spacial score (nSPS) is 10.9. The number of hydrogen-bond donors (Lipinski definition) is 1. The third-order valence-electron chi connectivity index (χ3n) is 2.18. The van der Waals surface area contributed by atoms with E-state index in [2.05, 4.69) is 0 Å². The van der Waals surface area contributed by atoms with E-state index in [-0.39, 0.29) is 11.3 Å². The van der Waals surface area contributed by atoms with Crippen LogP contribution < -0.4 is 4.87 Å². The molecular weight excluding hydrogens is 214 g/mol. The average molecular weight is 229 g/mol. The van der Waals surface area contributed by atoms with Crippen LogP contribution in [0.25, 0.3) is 0 Å². The highest BCUT2D eigenvalue weighted by atomic mass is 32.1. The number of aromatic nitrogens is 1. The molecule has 1 N–H and O–H groups in total. The zero-order valence-corrected chi connectivity index (χ0v) is 9.71. The van der Waals surface area contributed by atoms with Crippen LogP contribution in [0.1, 0.15) is 38.3 Å². The van der Waals surface area contributed by atoms with Crippen molar-refractivity contribution in [2.45, 2.75) is 39.2 Å². The zero-order chi connectivity index (χ0) is 11.4. The van der Waals surface area contributed by atoms with Crippen LogP contribution >= 0.6 is 11.3 Å². The Morgan fingerprint density at radius 3 is 2.80 bits per heavy atom. The fourth-order valence-electron chi connectivity index (χ4n) is 1.40. The lowest BCUT2D eigenvalue weighted by atomic mass is 10.1. The minimum atomic E-state index is -0.815. The maximum absolute atomic E-state index is 11.5. The molecule has 0 spiro atoms. The summed E-state index contributed by atoms with van der Waals surface area (Å²) in [5.41, 5.74) is 0.996. The van der Waals surface area contributed by atoms with Gasteiger partial charge in [0, 0.05) is 24.0 Å². The van der Waals surface area contributed by atoms with Crippen molar-refractivity contribution in [2.24, 2.45) is 0 Å². The van der Waals surface area contributed by atoms with Crippen LogP contribution in [0.4, 0.5) is 0 Å². The number of carboxylic acid groups (broad SMARTS) is 1. The van der Waals surface area contributed by atoms with Gasteiger partial charge in [0.25, 0.3) is 0 Å². The Bertz CT molecular complexity index is 392. The number of nitrogens with zero attached hydrogens (tertiary/aromatic N) is 1. The summed E-state index contributed by atoms with van der Waals surface area (Å²) < 4.78 is 1.68. The van der Waals surface area contributed by atoms with Gasteiger partial charge in [-0.25, -0.2) is 0 Å². The third kappa shape index (κ3) is 3.20. The minimum absolute atomic E-state index is 0.00379. The van der Waals surface area contributed by atoms with Gasteiger partial charge in [-0.3, -0.25) is 9.59 Å². The lowest BCUT2D eigenvalue weighted by Crippen LogP contribution is -2.17. The van der Waals surface area contributed by atoms with Crippen LogP contribution in [0.15, 0.2) is 10.2 Å². The molecule has 0 aromatic carbocycles. The Balaban J connectivity index is 2.71. The SMILES string of the molecule is CC(C)c1csc(=O)n1CCCC(=O)O. The van der Waals surface area contributed by atoms with E-state index < -0.39 is 5.97 Å². The molecule has 0 aliphatic rings. The zero-order valence-electron chi connectivity index (χ0n) is 8.90. The van der Waals surface area contributed by atoms with Gasteiger partial charge in [0.2, 0.25) is 0 Å². The van der Waals surface area contributed by atoms with E-state index in [0.717, 1.165) is 5.69 Å². The molecule has 0 bridgehead atoms. The second-order valence-electron chi connectivity index (χ2n) is 3.73. The summed E-state index contributed by atoms with van der Waals surface area (Å²) >= 11 is 1.18. The topological polar surface area (TPSA) is 59.3 Å². The highest BCUT2D eigenvalue weighted by molar-refractivity contribution is 7.07. The van der Waals surface area contributed by atoms with Crippen LogP contribution in [-0.2, 0) is 11.3 Å². The Morgan fingerprint density at radius 1 is 1.60 bits per heavy atom. The predicted molar refractivity (Wildman–Crippen MR) is 59.5 cm³/mol. The third-order valence-corrected chi connectivity index (χ3v) is 2.96. The van der Waals surface area contributed by atoms with Gasteiger partial charge in [0.15, 0.2) is 0 Å². The number of rotatable bonds is 5. The molecule has 0 unspecified atom stereocenters. The summed E-state index contributed by atoms with van der Waals surface area (Å²) in [5, 5.41) is 10.4. The van der Waals surface area contributed by atoms with Crippen molar-refractivity contribution in [1.29, 1.82) is 0 Å². The first-order valence-corrected chi connectivity index (χ1v) is 5.80. The highest BCUT2D eigenvalue weighted by Crippen LogP contribution is 2.15. The minimum Gasteiger partial charge on any atom is -0.481 e. The standard InChI is InChI=1S/C10H15NO3S/c1-7(2)8-6-15-10(14)11(8)5-3-4-9(12)13/h6-7H,3-5H2,1-2H3,(H,12,13). The van der Waals surface area contributed by atoms with Crippen LogP contribution in [0, 0.1) is 0 Å². The summed E-state index contributed by atoms with van der Waals surface area (Å²) in [7, 11) is 0. The Morgan fingerprint density at radius 2 is 2.27 bits per heavy atom. The van der Waals surface area contributed by atoms with Crippen molar-refractivity contribution in [3.05, 3.63) is 20.7 Å². The van der Waals surface area contributed by atoms with Gasteiger partial charge in [-0.15, -0.1) is 0 Å². The summed E-state index contributed by atoms with van der Waals surface area (Å²) in [5.74, 6) is -0.516. The molecule has 15 heavy (non-hydrogen) atoms. The quantitative estimate of drug-likeness (QED) is 0.838. The molecule has 5 heteroatoms. The summed E-state index contributed by atoms with van der Waals surface area (Å²) in [6.07, 6.45) is 0.617. The molecule has 0 saturated carbocycles. The molecule has 0 atom stereocenters. The molecule has 0 aliphatic heterocycles.